The summed E-state index contributed by atoms with van der Waals surface area (Å²) in [6, 6.07) is 9.14. The van der Waals surface area contributed by atoms with E-state index in [4.69, 9.17) is 13.9 Å². The zero-order chi connectivity index (χ0) is 16.7. The fourth-order valence-corrected chi connectivity index (χ4v) is 2.40. The van der Waals surface area contributed by atoms with E-state index < -0.39 is 0 Å². The van der Waals surface area contributed by atoms with Crippen molar-refractivity contribution < 1.29 is 18.7 Å². The van der Waals surface area contributed by atoms with Gasteiger partial charge in [-0.1, -0.05) is 6.07 Å². The molecule has 1 N–H and O–H groups in total. The lowest BCUT2D eigenvalue weighted by Gasteiger charge is -2.12. The molecule has 1 aromatic heterocycles. The molecule has 0 bridgehead atoms. The number of ether oxygens (including phenoxy) is 2. The van der Waals surface area contributed by atoms with Crippen LogP contribution >= 0.6 is 15.9 Å². The fourth-order valence-electron chi connectivity index (χ4n) is 2.09. The molecule has 23 heavy (non-hydrogen) atoms. The van der Waals surface area contributed by atoms with Crippen LogP contribution in [0.3, 0.4) is 0 Å². The Bertz CT molecular complexity index is 654. The molecule has 0 spiro atoms. The van der Waals surface area contributed by atoms with E-state index in [0.29, 0.717) is 36.6 Å². The van der Waals surface area contributed by atoms with Gasteiger partial charge in [0.1, 0.15) is 0 Å². The average Bonchev–Trinajstić information content (AvgIpc) is 2.97. The van der Waals surface area contributed by atoms with Crippen LogP contribution in [-0.4, -0.2) is 25.7 Å². The quantitative estimate of drug-likeness (QED) is 0.754. The second-order valence-electron chi connectivity index (χ2n) is 4.76. The average molecular weight is 382 g/mol. The van der Waals surface area contributed by atoms with Crippen LogP contribution in [-0.2, 0) is 6.42 Å². The van der Waals surface area contributed by atoms with Crippen LogP contribution in [0.25, 0.3) is 0 Å². The Hall–Kier alpha value is -1.95. The van der Waals surface area contributed by atoms with Gasteiger partial charge in [0.2, 0.25) is 0 Å². The summed E-state index contributed by atoms with van der Waals surface area (Å²) in [7, 11) is 0. The summed E-state index contributed by atoms with van der Waals surface area (Å²) in [4.78, 5) is 11.9. The highest BCUT2D eigenvalue weighted by Crippen LogP contribution is 2.28. The number of carbonyl (C=O) groups excluding carboxylic acids is 1. The van der Waals surface area contributed by atoms with E-state index >= 15 is 0 Å². The smallest absolute Gasteiger partial charge is 0.287 e. The molecule has 1 amide bonds. The molecule has 0 aliphatic carbocycles. The summed E-state index contributed by atoms with van der Waals surface area (Å²) in [5.74, 6) is 1.53. The van der Waals surface area contributed by atoms with Gasteiger partial charge in [0.25, 0.3) is 5.91 Å². The van der Waals surface area contributed by atoms with Gasteiger partial charge in [0.15, 0.2) is 21.9 Å². The first-order valence-corrected chi connectivity index (χ1v) is 8.35. The molecule has 0 aliphatic heterocycles. The summed E-state index contributed by atoms with van der Waals surface area (Å²) in [5, 5.41) is 2.83. The lowest BCUT2D eigenvalue weighted by Crippen LogP contribution is -2.25. The Morgan fingerprint density at radius 1 is 1.13 bits per heavy atom. The van der Waals surface area contributed by atoms with Crippen molar-refractivity contribution in [3.8, 4) is 11.5 Å². The van der Waals surface area contributed by atoms with E-state index in [2.05, 4.69) is 21.2 Å². The zero-order valence-corrected chi connectivity index (χ0v) is 14.8. The second kappa shape index (κ2) is 8.62. The minimum atomic E-state index is -0.230. The molecule has 2 aromatic rings. The molecule has 0 unspecified atom stereocenters. The summed E-state index contributed by atoms with van der Waals surface area (Å²) in [6.07, 6.45) is 0.695. The highest BCUT2D eigenvalue weighted by molar-refractivity contribution is 9.10. The molecule has 1 heterocycles. The molecule has 2 rings (SSSR count). The van der Waals surface area contributed by atoms with E-state index in [1.165, 1.54) is 0 Å². The summed E-state index contributed by atoms with van der Waals surface area (Å²) < 4.78 is 16.9. The van der Waals surface area contributed by atoms with Gasteiger partial charge >= 0.3 is 0 Å². The number of hydrogen-bond acceptors (Lipinski definition) is 4. The molecule has 0 fully saturated rings. The van der Waals surface area contributed by atoms with Gasteiger partial charge in [-0.2, -0.15) is 0 Å². The van der Waals surface area contributed by atoms with Crippen LogP contribution in [0.4, 0.5) is 0 Å². The largest absolute Gasteiger partial charge is 0.490 e. The molecule has 0 radical (unpaired) electrons. The standard InChI is InChI=1S/C17H20BrNO4/c1-3-21-13-6-5-12(11-15(13)22-4-2)9-10-19-17(20)14-7-8-16(18)23-14/h5-8,11H,3-4,9-10H2,1-2H3,(H,19,20). The lowest BCUT2D eigenvalue weighted by atomic mass is 10.1. The number of benzene rings is 1. The number of nitrogens with one attached hydrogen (secondary N) is 1. The fraction of sp³-hybridized carbons (Fsp3) is 0.353. The third-order valence-corrected chi connectivity index (χ3v) is 3.53. The number of rotatable bonds is 8. The molecule has 0 atom stereocenters. The van der Waals surface area contributed by atoms with Crippen molar-refractivity contribution in [1.29, 1.82) is 0 Å². The molecule has 0 saturated carbocycles. The maximum atomic E-state index is 11.9. The van der Waals surface area contributed by atoms with E-state index in [9.17, 15) is 4.79 Å². The minimum absolute atomic E-state index is 0.230. The first-order valence-electron chi connectivity index (χ1n) is 7.56. The van der Waals surface area contributed by atoms with Gasteiger partial charge in [-0.05, 0) is 66.0 Å². The van der Waals surface area contributed by atoms with Gasteiger partial charge in [-0.3, -0.25) is 4.79 Å². The van der Waals surface area contributed by atoms with Gasteiger partial charge < -0.3 is 19.2 Å². The summed E-state index contributed by atoms with van der Waals surface area (Å²) in [6.45, 7) is 5.55. The molecule has 124 valence electrons. The number of hydrogen-bond donors (Lipinski definition) is 1. The second-order valence-corrected chi connectivity index (χ2v) is 5.54. The summed E-state index contributed by atoms with van der Waals surface area (Å²) in [5.41, 5.74) is 1.07. The molecule has 6 heteroatoms. The Morgan fingerprint density at radius 2 is 1.87 bits per heavy atom. The predicted octanol–water partition coefficient (Wildman–Crippen LogP) is 3.81. The molecular weight excluding hydrogens is 362 g/mol. The van der Waals surface area contributed by atoms with Crippen molar-refractivity contribution in [3.63, 3.8) is 0 Å². The molecule has 1 aromatic carbocycles. The molecule has 0 saturated heterocycles. The van der Waals surface area contributed by atoms with Gasteiger partial charge in [-0.15, -0.1) is 0 Å². The lowest BCUT2D eigenvalue weighted by molar-refractivity contribution is 0.0925. The Labute approximate surface area is 144 Å². The van der Waals surface area contributed by atoms with Crippen LogP contribution in [0.1, 0.15) is 30.0 Å². The van der Waals surface area contributed by atoms with Gasteiger partial charge in [0, 0.05) is 6.54 Å². The monoisotopic (exact) mass is 381 g/mol. The Balaban J connectivity index is 1.92. The highest BCUT2D eigenvalue weighted by atomic mass is 79.9. The zero-order valence-electron chi connectivity index (χ0n) is 13.2. The molecular formula is C17H20BrNO4. The normalized spacial score (nSPS) is 10.4. The highest BCUT2D eigenvalue weighted by Gasteiger charge is 2.10. The maximum absolute atomic E-state index is 11.9. The van der Waals surface area contributed by atoms with Gasteiger partial charge in [0.05, 0.1) is 13.2 Å². The van der Waals surface area contributed by atoms with Crippen molar-refractivity contribution in [2.24, 2.45) is 0 Å². The van der Waals surface area contributed by atoms with Crippen LogP contribution < -0.4 is 14.8 Å². The third-order valence-electron chi connectivity index (χ3n) is 3.10. The first-order chi connectivity index (χ1) is 11.1. The minimum Gasteiger partial charge on any atom is -0.490 e. The van der Waals surface area contributed by atoms with E-state index in [0.717, 1.165) is 17.1 Å². The van der Waals surface area contributed by atoms with Crippen molar-refractivity contribution >= 4 is 21.8 Å². The number of carbonyl (C=O) groups is 1. The number of halogens is 1. The SMILES string of the molecule is CCOc1ccc(CCNC(=O)c2ccc(Br)o2)cc1OCC. The van der Waals surface area contributed by atoms with Crippen molar-refractivity contribution in [3.05, 3.63) is 46.3 Å². The van der Waals surface area contributed by atoms with E-state index in [1.54, 1.807) is 12.1 Å². The molecule has 5 nitrogen and oxygen atoms in total. The van der Waals surface area contributed by atoms with Crippen LogP contribution in [0.5, 0.6) is 11.5 Å². The van der Waals surface area contributed by atoms with Crippen LogP contribution in [0.15, 0.2) is 39.4 Å². The van der Waals surface area contributed by atoms with Crippen LogP contribution in [0.2, 0.25) is 0 Å². The van der Waals surface area contributed by atoms with Crippen molar-refractivity contribution in [2.75, 3.05) is 19.8 Å². The topological polar surface area (TPSA) is 60.7 Å². The van der Waals surface area contributed by atoms with Crippen LogP contribution in [0, 0.1) is 0 Å². The van der Waals surface area contributed by atoms with E-state index in [-0.39, 0.29) is 5.91 Å². The van der Waals surface area contributed by atoms with E-state index in [1.807, 2.05) is 32.0 Å². The maximum Gasteiger partial charge on any atom is 0.287 e. The van der Waals surface area contributed by atoms with Crippen molar-refractivity contribution in [1.82, 2.24) is 5.32 Å². The predicted molar refractivity (Wildman–Crippen MR) is 91.2 cm³/mol. The van der Waals surface area contributed by atoms with Gasteiger partial charge in [-0.25, -0.2) is 0 Å². The summed E-state index contributed by atoms with van der Waals surface area (Å²) >= 11 is 3.18. The number of furan rings is 1. The molecule has 0 aliphatic rings. The first kappa shape index (κ1) is 17.4. The third kappa shape index (κ3) is 5.03. The van der Waals surface area contributed by atoms with Crippen molar-refractivity contribution in [2.45, 2.75) is 20.3 Å². The number of amides is 1. The Kier molecular flexibility index (Phi) is 6.52. The Morgan fingerprint density at radius 3 is 2.52 bits per heavy atom.